The summed E-state index contributed by atoms with van der Waals surface area (Å²) in [6, 6.07) is 9.06. The topological polar surface area (TPSA) is 52.4 Å². The van der Waals surface area contributed by atoms with Crippen LogP contribution in [0.15, 0.2) is 40.9 Å². The fourth-order valence-electron chi connectivity index (χ4n) is 1.72. The molecule has 0 spiro atoms. The van der Waals surface area contributed by atoms with Crippen LogP contribution in [0.25, 0.3) is 0 Å². The van der Waals surface area contributed by atoms with Gasteiger partial charge in [-0.15, -0.1) is 0 Å². The van der Waals surface area contributed by atoms with Gasteiger partial charge in [-0.1, -0.05) is 12.1 Å². The van der Waals surface area contributed by atoms with Crippen LogP contribution in [0.2, 0.25) is 0 Å². The van der Waals surface area contributed by atoms with Crippen molar-refractivity contribution in [2.24, 2.45) is 0 Å². The third-order valence-corrected chi connectivity index (χ3v) is 3.67. The second kappa shape index (κ2) is 6.00. The molecule has 6 heteroatoms. The Morgan fingerprint density at radius 1 is 1.35 bits per heavy atom. The largest absolute Gasteiger partial charge is 0.489 e. The highest BCUT2D eigenvalue weighted by Gasteiger charge is 2.10. The Balaban J connectivity index is 2.15. The van der Waals surface area contributed by atoms with E-state index in [4.69, 9.17) is 4.74 Å². The SMILES string of the molecule is Cc1cc([N+](=O)[O-])ccc1OCc1cccc(F)c1Br. The minimum absolute atomic E-state index is 0.0155. The first-order valence-electron chi connectivity index (χ1n) is 5.80. The summed E-state index contributed by atoms with van der Waals surface area (Å²) in [5.74, 6) is 0.179. The molecule has 0 fully saturated rings. The number of ether oxygens (including phenoxy) is 1. The van der Waals surface area contributed by atoms with Gasteiger partial charge in [-0.3, -0.25) is 10.1 Å². The van der Waals surface area contributed by atoms with Gasteiger partial charge in [0.2, 0.25) is 0 Å². The molecule has 4 nitrogen and oxygen atoms in total. The van der Waals surface area contributed by atoms with E-state index in [0.29, 0.717) is 21.3 Å². The van der Waals surface area contributed by atoms with Crippen LogP contribution in [-0.2, 0) is 6.61 Å². The Labute approximate surface area is 123 Å². The molecule has 20 heavy (non-hydrogen) atoms. The Bertz CT molecular complexity index is 661. The van der Waals surface area contributed by atoms with Crippen molar-refractivity contribution in [3.05, 3.63) is 67.9 Å². The van der Waals surface area contributed by atoms with E-state index >= 15 is 0 Å². The summed E-state index contributed by atoms with van der Waals surface area (Å²) in [4.78, 5) is 10.2. The lowest BCUT2D eigenvalue weighted by atomic mass is 10.2. The van der Waals surface area contributed by atoms with Gasteiger partial charge in [-0.25, -0.2) is 4.39 Å². The van der Waals surface area contributed by atoms with Crippen molar-refractivity contribution in [2.45, 2.75) is 13.5 Å². The molecule has 0 radical (unpaired) electrons. The minimum atomic E-state index is -0.458. The first-order chi connectivity index (χ1) is 9.49. The van der Waals surface area contributed by atoms with E-state index in [1.807, 2.05) is 0 Å². The Morgan fingerprint density at radius 2 is 2.10 bits per heavy atom. The summed E-state index contributed by atoms with van der Waals surface area (Å²) in [6.45, 7) is 1.90. The summed E-state index contributed by atoms with van der Waals surface area (Å²) < 4.78 is 19.3. The van der Waals surface area contributed by atoms with E-state index in [9.17, 15) is 14.5 Å². The second-order valence-corrected chi connectivity index (χ2v) is 5.00. The van der Waals surface area contributed by atoms with Gasteiger partial charge in [0, 0.05) is 17.7 Å². The van der Waals surface area contributed by atoms with Gasteiger partial charge in [-0.2, -0.15) is 0 Å². The number of non-ortho nitro benzene ring substituents is 1. The molecule has 0 heterocycles. The molecular formula is C14H11BrFNO3. The molecule has 0 aliphatic rings. The van der Waals surface area contributed by atoms with Crippen molar-refractivity contribution >= 4 is 21.6 Å². The maximum absolute atomic E-state index is 13.3. The highest BCUT2D eigenvalue weighted by atomic mass is 79.9. The zero-order chi connectivity index (χ0) is 14.7. The van der Waals surface area contributed by atoms with E-state index < -0.39 is 4.92 Å². The molecule has 2 aromatic rings. The van der Waals surface area contributed by atoms with Crippen molar-refractivity contribution in [3.8, 4) is 5.75 Å². The number of hydrogen-bond donors (Lipinski definition) is 0. The van der Waals surface area contributed by atoms with Gasteiger partial charge in [-0.05, 0) is 40.5 Å². The maximum Gasteiger partial charge on any atom is 0.269 e. The van der Waals surface area contributed by atoms with E-state index in [2.05, 4.69) is 15.9 Å². The van der Waals surface area contributed by atoms with Crippen LogP contribution in [0.1, 0.15) is 11.1 Å². The zero-order valence-electron chi connectivity index (χ0n) is 10.6. The molecular weight excluding hydrogens is 329 g/mol. The third kappa shape index (κ3) is 3.14. The monoisotopic (exact) mass is 339 g/mol. The number of rotatable bonds is 4. The normalized spacial score (nSPS) is 10.3. The molecule has 0 N–H and O–H groups in total. The summed E-state index contributed by atoms with van der Waals surface area (Å²) in [5, 5.41) is 10.6. The standard InChI is InChI=1S/C14H11BrFNO3/c1-9-7-11(17(18)19)5-6-13(9)20-8-10-3-2-4-12(16)14(10)15/h2-7H,8H2,1H3. The molecule has 0 unspecified atom stereocenters. The molecule has 0 aliphatic carbocycles. The Morgan fingerprint density at radius 3 is 2.75 bits per heavy atom. The number of nitrogens with zero attached hydrogens (tertiary/aromatic N) is 1. The van der Waals surface area contributed by atoms with Crippen LogP contribution in [0, 0.1) is 22.9 Å². The third-order valence-electron chi connectivity index (χ3n) is 2.78. The van der Waals surface area contributed by atoms with Crippen molar-refractivity contribution in [2.75, 3.05) is 0 Å². The molecule has 0 aliphatic heterocycles. The van der Waals surface area contributed by atoms with Crippen LogP contribution in [0.3, 0.4) is 0 Å². The average Bonchev–Trinajstić information content (AvgIpc) is 2.41. The van der Waals surface area contributed by atoms with Crippen LogP contribution in [0.4, 0.5) is 10.1 Å². The van der Waals surface area contributed by atoms with Gasteiger partial charge in [0.15, 0.2) is 0 Å². The smallest absolute Gasteiger partial charge is 0.269 e. The number of aryl methyl sites for hydroxylation is 1. The van der Waals surface area contributed by atoms with Crippen LogP contribution >= 0.6 is 15.9 Å². The van der Waals surface area contributed by atoms with E-state index in [1.54, 1.807) is 25.1 Å². The molecule has 0 saturated heterocycles. The summed E-state index contributed by atoms with van der Waals surface area (Å²) >= 11 is 3.16. The van der Waals surface area contributed by atoms with Crippen molar-refractivity contribution in [1.82, 2.24) is 0 Å². The fraction of sp³-hybridized carbons (Fsp3) is 0.143. The summed E-state index contributed by atoms with van der Waals surface area (Å²) in [6.07, 6.45) is 0. The molecule has 0 aromatic heterocycles. The minimum Gasteiger partial charge on any atom is -0.489 e. The number of nitro groups is 1. The lowest BCUT2D eigenvalue weighted by Crippen LogP contribution is -1.99. The van der Waals surface area contributed by atoms with Gasteiger partial charge in [0.25, 0.3) is 5.69 Å². The lowest BCUT2D eigenvalue weighted by molar-refractivity contribution is -0.384. The number of benzene rings is 2. The van der Waals surface area contributed by atoms with Gasteiger partial charge in [0.1, 0.15) is 18.2 Å². The number of hydrogen-bond acceptors (Lipinski definition) is 3. The van der Waals surface area contributed by atoms with E-state index in [0.717, 1.165) is 0 Å². The molecule has 104 valence electrons. The first kappa shape index (κ1) is 14.5. The van der Waals surface area contributed by atoms with Crippen LogP contribution < -0.4 is 4.74 Å². The predicted molar refractivity (Wildman–Crippen MR) is 76.3 cm³/mol. The first-order valence-corrected chi connectivity index (χ1v) is 6.59. The van der Waals surface area contributed by atoms with Crippen molar-refractivity contribution in [1.29, 1.82) is 0 Å². The predicted octanol–water partition coefficient (Wildman–Crippen LogP) is 4.38. The van der Waals surface area contributed by atoms with Crippen LogP contribution in [-0.4, -0.2) is 4.92 Å². The van der Waals surface area contributed by atoms with Crippen molar-refractivity contribution in [3.63, 3.8) is 0 Å². The van der Waals surface area contributed by atoms with Crippen LogP contribution in [0.5, 0.6) is 5.75 Å². The summed E-state index contributed by atoms with van der Waals surface area (Å²) in [5.41, 5.74) is 1.34. The van der Waals surface area contributed by atoms with Crippen molar-refractivity contribution < 1.29 is 14.1 Å². The number of nitro benzene ring substituents is 1. The summed E-state index contributed by atoms with van der Waals surface area (Å²) in [7, 11) is 0. The van der Waals surface area contributed by atoms with Gasteiger partial charge < -0.3 is 4.74 Å². The lowest BCUT2D eigenvalue weighted by Gasteiger charge is -2.10. The quantitative estimate of drug-likeness (QED) is 0.613. The Kier molecular flexibility index (Phi) is 4.34. The molecule has 0 bridgehead atoms. The second-order valence-electron chi connectivity index (χ2n) is 4.21. The average molecular weight is 340 g/mol. The van der Waals surface area contributed by atoms with E-state index in [1.165, 1.54) is 18.2 Å². The fourth-order valence-corrected chi connectivity index (χ4v) is 2.10. The molecule has 0 amide bonds. The maximum atomic E-state index is 13.3. The molecule has 2 aromatic carbocycles. The van der Waals surface area contributed by atoms with E-state index in [-0.39, 0.29) is 18.1 Å². The highest BCUT2D eigenvalue weighted by Crippen LogP contribution is 2.26. The molecule has 0 saturated carbocycles. The number of halogens is 2. The zero-order valence-corrected chi connectivity index (χ0v) is 12.2. The van der Waals surface area contributed by atoms with Gasteiger partial charge >= 0.3 is 0 Å². The highest BCUT2D eigenvalue weighted by molar-refractivity contribution is 9.10. The Hall–Kier alpha value is -1.95. The molecule has 0 atom stereocenters. The van der Waals surface area contributed by atoms with Gasteiger partial charge in [0.05, 0.1) is 9.40 Å². The molecule has 2 rings (SSSR count).